The van der Waals surface area contributed by atoms with Crippen LogP contribution in [-0.2, 0) is 14.6 Å². The molecule has 2 rings (SSSR count). The van der Waals surface area contributed by atoms with Crippen molar-refractivity contribution in [3.05, 3.63) is 29.8 Å². The average Bonchev–Trinajstić information content (AvgIpc) is 3.12. The Morgan fingerprint density at radius 1 is 1.19 bits per heavy atom. The highest BCUT2D eigenvalue weighted by molar-refractivity contribution is 8.14. The first-order valence-corrected chi connectivity index (χ1v) is 12.5. The molecule has 0 aromatic heterocycles. The first-order valence-electron chi connectivity index (χ1n) is 9.63. The molecule has 0 bridgehead atoms. The lowest BCUT2D eigenvalue weighted by Gasteiger charge is -2.23. The maximum absolute atomic E-state index is 13.0. The van der Waals surface area contributed by atoms with Crippen LogP contribution < -0.4 is 5.32 Å². The Morgan fingerprint density at radius 3 is 2.30 bits per heavy atom. The molecule has 1 heterocycles. The van der Waals surface area contributed by atoms with Crippen LogP contribution in [0.5, 0.6) is 0 Å². The molecule has 1 aliphatic rings. The standard InChI is InChI=1S/C20H30N2O3S2/c1-4-6-15(7-5-2)14-18(19(23)22-20-21-12-13-26-20)16-8-10-17(11-9-16)27(3,24)25/h8-11,15,18H,4-7,12-14H2,1-3H3,(H,21,22,23). The fourth-order valence-corrected chi connectivity index (χ4v) is 4.84. The average molecular weight is 411 g/mol. The lowest BCUT2D eigenvalue weighted by molar-refractivity contribution is -0.121. The molecular weight excluding hydrogens is 380 g/mol. The van der Waals surface area contributed by atoms with Crippen LogP contribution in [0.2, 0.25) is 0 Å². The minimum atomic E-state index is -3.25. The number of carbonyl (C=O) groups excluding carboxylic acids is 1. The van der Waals surface area contributed by atoms with Gasteiger partial charge in [0.2, 0.25) is 5.91 Å². The number of benzene rings is 1. The molecule has 0 radical (unpaired) electrons. The van der Waals surface area contributed by atoms with Gasteiger partial charge in [-0.05, 0) is 30.0 Å². The minimum absolute atomic E-state index is 0.0486. The topological polar surface area (TPSA) is 75.6 Å². The fourth-order valence-electron chi connectivity index (χ4n) is 3.47. The van der Waals surface area contributed by atoms with Crippen molar-refractivity contribution in [3.63, 3.8) is 0 Å². The number of sulfone groups is 1. The number of thioether (sulfide) groups is 1. The van der Waals surface area contributed by atoms with Crippen molar-refractivity contribution in [2.75, 3.05) is 18.6 Å². The molecule has 5 nitrogen and oxygen atoms in total. The quantitative estimate of drug-likeness (QED) is 0.668. The van der Waals surface area contributed by atoms with Crippen molar-refractivity contribution in [2.45, 2.75) is 56.8 Å². The second kappa shape index (κ2) is 10.3. The van der Waals surface area contributed by atoms with Gasteiger partial charge in [0.05, 0.1) is 17.4 Å². The molecule has 7 heteroatoms. The van der Waals surface area contributed by atoms with E-state index in [0.717, 1.165) is 50.0 Å². The summed E-state index contributed by atoms with van der Waals surface area (Å²) in [5, 5.41) is 3.66. The van der Waals surface area contributed by atoms with E-state index in [-0.39, 0.29) is 16.7 Å². The molecule has 1 aromatic rings. The number of amidine groups is 1. The molecule has 1 unspecified atom stereocenters. The summed E-state index contributed by atoms with van der Waals surface area (Å²) in [5.41, 5.74) is 0.862. The summed E-state index contributed by atoms with van der Waals surface area (Å²) in [6.07, 6.45) is 6.33. The monoisotopic (exact) mass is 410 g/mol. The zero-order chi connectivity index (χ0) is 19.9. The molecule has 1 aromatic carbocycles. The summed E-state index contributed by atoms with van der Waals surface area (Å²) < 4.78 is 23.5. The molecule has 0 saturated heterocycles. The zero-order valence-electron chi connectivity index (χ0n) is 16.4. The van der Waals surface area contributed by atoms with Gasteiger partial charge >= 0.3 is 0 Å². The van der Waals surface area contributed by atoms with Crippen LogP contribution in [0.25, 0.3) is 0 Å². The maximum atomic E-state index is 13.0. The molecule has 150 valence electrons. The number of hydrogen-bond donors (Lipinski definition) is 1. The van der Waals surface area contributed by atoms with Gasteiger partial charge in [-0.3, -0.25) is 9.79 Å². The highest BCUT2D eigenvalue weighted by Crippen LogP contribution is 2.30. The minimum Gasteiger partial charge on any atom is -0.305 e. The SMILES string of the molecule is CCCC(CCC)CC(C(=O)NC1=NCCS1)c1ccc(S(C)(=O)=O)cc1. The summed E-state index contributed by atoms with van der Waals surface area (Å²) in [5.74, 6) is 1.03. The predicted octanol–water partition coefficient (Wildman–Crippen LogP) is 4.00. The fraction of sp³-hybridized carbons (Fsp3) is 0.600. The van der Waals surface area contributed by atoms with Gasteiger partial charge in [-0.25, -0.2) is 8.42 Å². The third-order valence-electron chi connectivity index (χ3n) is 4.81. The Labute approximate surface area is 167 Å². The highest BCUT2D eigenvalue weighted by atomic mass is 32.2. The molecule has 1 amide bonds. The van der Waals surface area contributed by atoms with Gasteiger partial charge in [0.1, 0.15) is 0 Å². The Bertz CT molecular complexity index is 752. The molecule has 1 aliphatic heterocycles. The van der Waals surface area contributed by atoms with E-state index < -0.39 is 9.84 Å². The number of rotatable bonds is 9. The Kier molecular flexibility index (Phi) is 8.35. The molecule has 0 saturated carbocycles. The molecule has 0 spiro atoms. The lowest BCUT2D eigenvalue weighted by Crippen LogP contribution is -2.33. The number of amides is 1. The molecule has 27 heavy (non-hydrogen) atoms. The van der Waals surface area contributed by atoms with E-state index in [1.54, 1.807) is 36.0 Å². The van der Waals surface area contributed by atoms with E-state index >= 15 is 0 Å². The van der Waals surface area contributed by atoms with E-state index in [0.29, 0.717) is 11.1 Å². The summed E-state index contributed by atoms with van der Waals surface area (Å²) in [6, 6.07) is 6.75. The summed E-state index contributed by atoms with van der Waals surface area (Å²) in [6.45, 7) is 5.08. The first-order chi connectivity index (χ1) is 12.8. The zero-order valence-corrected chi connectivity index (χ0v) is 18.0. The Balaban J connectivity index is 2.25. The smallest absolute Gasteiger partial charge is 0.233 e. The molecule has 1 atom stereocenters. The van der Waals surface area contributed by atoms with Gasteiger partial charge in [0.15, 0.2) is 15.0 Å². The van der Waals surface area contributed by atoms with Crippen LogP contribution in [0.1, 0.15) is 57.4 Å². The second-order valence-electron chi connectivity index (χ2n) is 7.10. The van der Waals surface area contributed by atoms with Gasteiger partial charge in [-0.2, -0.15) is 0 Å². The maximum Gasteiger partial charge on any atom is 0.233 e. The van der Waals surface area contributed by atoms with Gasteiger partial charge in [-0.15, -0.1) is 0 Å². The number of nitrogens with zero attached hydrogens (tertiary/aromatic N) is 1. The number of nitrogens with one attached hydrogen (secondary N) is 1. The second-order valence-corrected chi connectivity index (χ2v) is 10.2. The molecular formula is C20H30N2O3S2. The summed E-state index contributed by atoms with van der Waals surface area (Å²) >= 11 is 1.57. The predicted molar refractivity (Wildman–Crippen MR) is 113 cm³/mol. The van der Waals surface area contributed by atoms with Crippen molar-refractivity contribution in [1.29, 1.82) is 0 Å². The molecule has 1 N–H and O–H groups in total. The third kappa shape index (κ3) is 6.64. The number of hydrogen-bond acceptors (Lipinski definition) is 5. The van der Waals surface area contributed by atoms with Crippen molar-refractivity contribution in [1.82, 2.24) is 5.32 Å². The van der Waals surface area contributed by atoms with E-state index in [1.165, 1.54) is 6.26 Å². The van der Waals surface area contributed by atoms with Crippen LogP contribution in [-0.4, -0.2) is 38.0 Å². The summed E-state index contributed by atoms with van der Waals surface area (Å²) in [4.78, 5) is 17.6. The Hall–Kier alpha value is -1.34. The van der Waals surface area contributed by atoms with Crippen molar-refractivity contribution < 1.29 is 13.2 Å². The van der Waals surface area contributed by atoms with Gasteiger partial charge in [-0.1, -0.05) is 63.4 Å². The van der Waals surface area contributed by atoms with Crippen LogP contribution >= 0.6 is 11.8 Å². The summed E-state index contributed by atoms with van der Waals surface area (Å²) in [7, 11) is -3.25. The van der Waals surface area contributed by atoms with Crippen molar-refractivity contribution in [2.24, 2.45) is 10.9 Å². The molecule has 0 aliphatic carbocycles. The van der Waals surface area contributed by atoms with Crippen molar-refractivity contribution >= 4 is 32.7 Å². The third-order valence-corrected chi connectivity index (χ3v) is 6.83. The van der Waals surface area contributed by atoms with E-state index in [9.17, 15) is 13.2 Å². The Morgan fingerprint density at radius 2 is 1.81 bits per heavy atom. The van der Waals surface area contributed by atoms with Crippen LogP contribution in [0, 0.1) is 5.92 Å². The van der Waals surface area contributed by atoms with Crippen LogP contribution in [0.3, 0.4) is 0 Å². The number of carbonyl (C=O) groups is 1. The van der Waals surface area contributed by atoms with Gasteiger partial charge in [0.25, 0.3) is 0 Å². The first kappa shape index (κ1) is 22.0. The van der Waals surface area contributed by atoms with Crippen LogP contribution in [0.15, 0.2) is 34.2 Å². The molecule has 0 fully saturated rings. The van der Waals surface area contributed by atoms with E-state index in [1.807, 2.05) is 0 Å². The van der Waals surface area contributed by atoms with Crippen molar-refractivity contribution in [3.8, 4) is 0 Å². The normalized spacial score (nSPS) is 15.6. The van der Waals surface area contributed by atoms with E-state index in [2.05, 4.69) is 24.2 Å². The number of aliphatic imine (C=N–C) groups is 1. The highest BCUT2D eigenvalue weighted by Gasteiger charge is 2.26. The van der Waals surface area contributed by atoms with E-state index in [4.69, 9.17) is 0 Å². The van der Waals surface area contributed by atoms with Crippen LogP contribution in [0.4, 0.5) is 0 Å². The lowest BCUT2D eigenvalue weighted by atomic mass is 9.84. The van der Waals surface area contributed by atoms with Gasteiger partial charge in [0, 0.05) is 12.0 Å². The largest absolute Gasteiger partial charge is 0.305 e. The van der Waals surface area contributed by atoms with Gasteiger partial charge < -0.3 is 5.32 Å².